The SMILES string of the molecule is CCNCc1cccnc1Oc1cccc(COC)c1. The predicted octanol–water partition coefficient (Wildman–Crippen LogP) is 3.13. The van der Waals surface area contributed by atoms with Crippen LogP contribution in [-0.4, -0.2) is 18.6 Å². The standard InChI is InChI=1S/C16H20N2O2/c1-3-17-11-14-7-5-9-18-16(14)20-15-8-4-6-13(10-15)12-19-2/h4-10,17H,3,11-12H2,1-2H3. The Kier molecular flexibility index (Phi) is 5.53. The van der Waals surface area contributed by atoms with Crippen molar-refractivity contribution < 1.29 is 9.47 Å². The van der Waals surface area contributed by atoms with Crippen LogP contribution in [0.2, 0.25) is 0 Å². The average molecular weight is 272 g/mol. The van der Waals surface area contributed by atoms with Crippen molar-refractivity contribution in [3.8, 4) is 11.6 Å². The molecular formula is C16H20N2O2. The molecule has 1 N–H and O–H groups in total. The van der Waals surface area contributed by atoms with E-state index in [1.54, 1.807) is 13.3 Å². The first kappa shape index (κ1) is 14.5. The van der Waals surface area contributed by atoms with Crippen molar-refractivity contribution >= 4 is 0 Å². The van der Waals surface area contributed by atoms with E-state index in [1.807, 2.05) is 36.4 Å². The summed E-state index contributed by atoms with van der Waals surface area (Å²) in [7, 11) is 1.68. The molecule has 1 heterocycles. The summed E-state index contributed by atoms with van der Waals surface area (Å²) in [6.07, 6.45) is 1.74. The highest BCUT2D eigenvalue weighted by Gasteiger charge is 2.06. The summed E-state index contributed by atoms with van der Waals surface area (Å²) in [5.74, 6) is 1.42. The van der Waals surface area contributed by atoms with Gasteiger partial charge in [-0.15, -0.1) is 0 Å². The Balaban J connectivity index is 2.14. The first-order chi connectivity index (χ1) is 9.83. The largest absolute Gasteiger partial charge is 0.439 e. The zero-order valence-corrected chi connectivity index (χ0v) is 11.9. The molecule has 0 aliphatic heterocycles. The molecule has 0 fully saturated rings. The molecule has 0 radical (unpaired) electrons. The number of nitrogens with zero attached hydrogens (tertiary/aromatic N) is 1. The number of hydrogen-bond acceptors (Lipinski definition) is 4. The monoisotopic (exact) mass is 272 g/mol. The second kappa shape index (κ2) is 7.62. The molecule has 0 saturated carbocycles. The minimum absolute atomic E-state index is 0.573. The highest BCUT2D eigenvalue weighted by atomic mass is 16.5. The summed E-state index contributed by atoms with van der Waals surface area (Å²) in [6, 6.07) is 11.8. The fourth-order valence-electron chi connectivity index (χ4n) is 1.89. The molecule has 0 aliphatic carbocycles. The number of nitrogens with one attached hydrogen (secondary N) is 1. The molecule has 2 aromatic rings. The van der Waals surface area contributed by atoms with Gasteiger partial charge in [0.25, 0.3) is 0 Å². The maximum atomic E-state index is 5.89. The van der Waals surface area contributed by atoms with Crippen LogP contribution in [0.5, 0.6) is 11.6 Å². The van der Waals surface area contributed by atoms with Crippen molar-refractivity contribution in [2.75, 3.05) is 13.7 Å². The molecule has 0 spiro atoms. The minimum Gasteiger partial charge on any atom is -0.439 e. The normalized spacial score (nSPS) is 10.5. The Morgan fingerprint density at radius 2 is 2.10 bits per heavy atom. The summed E-state index contributed by atoms with van der Waals surface area (Å²) in [5, 5.41) is 3.28. The van der Waals surface area contributed by atoms with Crippen LogP contribution in [0.25, 0.3) is 0 Å². The Hall–Kier alpha value is -1.91. The van der Waals surface area contributed by atoms with Crippen molar-refractivity contribution in [2.45, 2.75) is 20.1 Å². The van der Waals surface area contributed by atoms with Gasteiger partial charge in [0.05, 0.1) is 6.61 Å². The topological polar surface area (TPSA) is 43.4 Å². The Morgan fingerprint density at radius 1 is 1.20 bits per heavy atom. The molecule has 20 heavy (non-hydrogen) atoms. The van der Waals surface area contributed by atoms with Gasteiger partial charge in [0.15, 0.2) is 0 Å². The molecule has 0 saturated heterocycles. The third-order valence-corrected chi connectivity index (χ3v) is 2.84. The molecule has 106 valence electrons. The molecule has 1 aromatic carbocycles. The summed E-state index contributed by atoms with van der Waals surface area (Å²) in [6.45, 7) is 4.31. The van der Waals surface area contributed by atoms with Gasteiger partial charge in [0, 0.05) is 25.4 Å². The predicted molar refractivity (Wildman–Crippen MR) is 78.8 cm³/mol. The van der Waals surface area contributed by atoms with Crippen LogP contribution in [0.1, 0.15) is 18.1 Å². The van der Waals surface area contributed by atoms with E-state index in [2.05, 4.69) is 17.2 Å². The summed E-state index contributed by atoms with van der Waals surface area (Å²) >= 11 is 0. The molecule has 4 heteroatoms. The molecule has 2 rings (SSSR count). The molecule has 0 bridgehead atoms. The van der Waals surface area contributed by atoms with Crippen molar-refractivity contribution in [3.05, 3.63) is 53.7 Å². The van der Waals surface area contributed by atoms with Gasteiger partial charge in [-0.05, 0) is 30.3 Å². The fraction of sp³-hybridized carbons (Fsp3) is 0.312. The first-order valence-corrected chi connectivity index (χ1v) is 6.74. The van der Waals surface area contributed by atoms with Crippen LogP contribution < -0.4 is 10.1 Å². The number of methoxy groups -OCH3 is 1. The average Bonchev–Trinajstić information content (AvgIpc) is 2.47. The highest BCUT2D eigenvalue weighted by Crippen LogP contribution is 2.23. The lowest BCUT2D eigenvalue weighted by molar-refractivity contribution is 0.184. The van der Waals surface area contributed by atoms with Crippen LogP contribution in [0.3, 0.4) is 0 Å². The van der Waals surface area contributed by atoms with E-state index < -0.39 is 0 Å². The Bertz CT molecular complexity index is 544. The van der Waals surface area contributed by atoms with Crippen molar-refractivity contribution in [2.24, 2.45) is 0 Å². The molecule has 0 atom stereocenters. The van der Waals surface area contributed by atoms with Gasteiger partial charge in [0.1, 0.15) is 5.75 Å². The zero-order valence-electron chi connectivity index (χ0n) is 11.9. The number of rotatable bonds is 7. The van der Waals surface area contributed by atoms with Gasteiger partial charge in [-0.1, -0.05) is 25.1 Å². The van der Waals surface area contributed by atoms with Crippen LogP contribution >= 0.6 is 0 Å². The fourth-order valence-corrected chi connectivity index (χ4v) is 1.89. The molecule has 0 amide bonds. The smallest absolute Gasteiger partial charge is 0.223 e. The van der Waals surface area contributed by atoms with Gasteiger partial charge in [-0.2, -0.15) is 0 Å². The number of pyridine rings is 1. The quantitative estimate of drug-likeness (QED) is 0.841. The third kappa shape index (κ3) is 4.05. The van der Waals surface area contributed by atoms with Gasteiger partial charge >= 0.3 is 0 Å². The maximum Gasteiger partial charge on any atom is 0.223 e. The summed E-state index contributed by atoms with van der Waals surface area (Å²) in [4.78, 5) is 4.31. The summed E-state index contributed by atoms with van der Waals surface area (Å²) < 4.78 is 11.0. The lowest BCUT2D eigenvalue weighted by atomic mass is 10.2. The van der Waals surface area contributed by atoms with E-state index in [-0.39, 0.29) is 0 Å². The first-order valence-electron chi connectivity index (χ1n) is 6.74. The number of aromatic nitrogens is 1. The molecular weight excluding hydrogens is 252 g/mol. The summed E-state index contributed by atoms with van der Waals surface area (Å²) in [5.41, 5.74) is 2.13. The van der Waals surface area contributed by atoms with Gasteiger partial charge in [-0.25, -0.2) is 4.98 Å². The van der Waals surface area contributed by atoms with Crippen LogP contribution in [0, 0.1) is 0 Å². The molecule has 0 aliphatic rings. The van der Waals surface area contributed by atoms with Crippen LogP contribution in [-0.2, 0) is 17.9 Å². The van der Waals surface area contributed by atoms with Crippen molar-refractivity contribution in [3.63, 3.8) is 0 Å². The van der Waals surface area contributed by atoms with E-state index in [1.165, 1.54) is 0 Å². The molecule has 4 nitrogen and oxygen atoms in total. The van der Waals surface area contributed by atoms with Gasteiger partial charge in [-0.3, -0.25) is 0 Å². The third-order valence-electron chi connectivity index (χ3n) is 2.84. The van der Waals surface area contributed by atoms with E-state index in [0.717, 1.165) is 30.0 Å². The maximum absolute atomic E-state index is 5.89. The molecule has 0 unspecified atom stereocenters. The lowest BCUT2D eigenvalue weighted by Crippen LogP contribution is -2.12. The molecule has 1 aromatic heterocycles. The highest BCUT2D eigenvalue weighted by molar-refractivity contribution is 5.34. The van der Waals surface area contributed by atoms with Crippen molar-refractivity contribution in [1.82, 2.24) is 10.3 Å². The second-order valence-corrected chi connectivity index (χ2v) is 4.43. The minimum atomic E-state index is 0.573. The van der Waals surface area contributed by atoms with E-state index in [0.29, 0.717) is 12.5 Å². The van der Waals surface area contributed by atoms with Gasteiger partial charge in [0.2, 0.25) is 5.88 Å². The lowest BCUT2D eigenvalue weighted by Gasteiger charge is -2.11. The van der Waals surface area contributed by atoms with E-state index in [9.17, 15) is 0 Å². The van der Waals surface area contributed by atoms with E-state index in [4.69, 9.17) is 9.47 Å². The number of ether oxygens (including phenoxy) is 2. The van der Waals surface area contributed by atoms with Crippen LogP contribution in [0.4, 0.5) is 0 Å². The Morgan fingerprint density at radius 3 is 2.90 bits per heavy atom. The number of hydrogen-bond donors (Lipinski definition) is 1. The Labute approximate surface area is 119 Å². The van der Waals surface area contributed by atoms with Gasteiger partial charge < -0.3 is 14.8 Å². The van der Waals surface area contributed by atoms with E-state index >= 15 is 0 Å². The zero-order chi connectivity index (χ0) is 14.2. The number of benzene rings is 1. The van der Waals surface area contributed by atoms with Crippen LogP contribution in [0.15, 0.2) is 42.6 Å². The van der Waals surface area contributed by atoms with Crippen molar-refractivity contribution in [1.29, 1.82) is 0 Å². The second-order valence-electron chi connectivity index (χ2n) is 4.43.